The summed E-state index contributed by atoms with van der Waals surface area (Å²) >= 11 is 6.51. The molecule has 3 heteroatoms. The van der Waals surface area contributed by atoms with E-state index in [4.69, 9.17) is 16.3 Å². The number of hydrogen-bond acceptors (Lipinski definition) is 1. The lowest BCUT2D eigenvalue weighted by molar-refractivity contribution is 0.410. The smallest absolute Gasteiger partial charge is 0.131 e. The second kappa shape index (κ2) is 5.84. The number of rotatable bonds is 3. The molecule has 0 fully saturated rings. The Morgan fingerprint density at radius 1 is 1.05 bits per heavy atom. The molecule has 0 spiro atoms. The number of hydrogen-bond donors (Lipinski definition) is 0. The molecule has 0 N–H and O–H groups in total. The molecule has 2 aromatic carbocycles. The number of methoxy groups -OCH3 is 1. The molecule has 0 heterocycles. The molecule has 1 atom stereocenters. The molecule has 0 amide bonds. The van der Waals surface area contributed by atoms with Crippen LogP contribution in [-0.4, -0.2) is 7.11 Å². The minimum absolute atomic E-state index is 0.344. The molecular formula is C17H18ClFO. The lowest BCUT2D eigenvalue weighted by atomic mass is 9.93. The molecule has 2 aromatic rings. The summed E-state index contributed by atoms with van der Waals surface area (Å²) in [6.45, 7) is 6.05. The molecule has 0 aromatic heterocycles. The van der Waals surface area contributed by atoms with E-state index in [1.807, 2.05) is 20.8 Å². The summed E-state index contributed by atoms with van der Waals surface area (Å²) in [5.41, 5.74) is 4.79. The van der Waals surface area contributed by atoms with Gasteiger partial charge in [0, 0.05) is 11.6 Å². The number of aryl methyl sites for hydroxylation is 3. The van der Waals surface area contributed by atoms with Gasteiger partial charge in [0.05, 0.1) is 12.5 Å². The molecule has 106 valence electrons. The van der Waals surface area contributed by atoms with E-state index < -0.39 is 5.38 Å². The van der Waals surface area contributed by atoms with E-state index in [0.717, 1.165) is 16.7 Å². The molecule has 0 aliphatic rings. The summed E-state index contributed by atoms with van der Waals surface area (Å²) in [5.74, 6) is 0.149. The molecule has 0 bridgehead atoms. The SMILES string of the molecule is COc1ccc(C(Cl)c2c(C)cc(C)cc2C)c(F)c1. The van der Waals surface area contributed by atoms with Gasteiger partial charge in [0.25, 0.3) is 0 Å². The summed E-state index contributed by atoms with van der Waals surface area (Å²) in [6, 6.07) is 8.92. The maximum atomic E-state index is 14.2. The third kappa shape index (κ3) is 2.80. The quantitative estimate of drug-likeness (QED) is 0.716. The van der Waals surface area contributed by atoms with Gasteiger partial charge in [-0.25, -0.2) is 4.39 Å². The Morgan fingerprint density at radius 2 is 1.65 bits per heavy atom. The van der Waals surface area contributed by atoms with Crippen molar-refractivity contribution in [1.82, 2.24) is 0 Å². The van der Waals surface area contributed by atoms with E-state index in [0.29, 0.717) is 11.3 Å². The molecule has 1 unspecified atom stereocenters. The van der Waals surface area contributed by atoms with E-state index in [2.05, 4.69) is 12.1 Å². The molecular weight excluding hydrogens is 275 g/mol. The van der Waals surface area contributed by atoms with Crippen molar-refractivity contribution in [2.75, 3.05) is 7.11 Å². The molecule has 0 radical (unpaired) electrons. The van der Waals surface area contributed by atoms with Crippen molar-refractivity contribution in [2.45, 2.75) is 26.1 Å². The Kier molecular flexibility index (Phi) is 4.34. The first-order valence-corrected chi connectivity index (χ1v) is 6.93. The first-order chi connectivity index (χ1) is 9.43. The summed E-state index contributed by atoms with van der Waals surface area (Å²) < 4.78 is 19.2. The average molecular weight is 293 g/mol. The Labute approximate surface area is 124 Å². The van der Waals surface area contributed by atoms with Crippen LogP contribution < -0.4 is 4.74 Å². The Bertz CT molecular complexity index is 614. The third-order valence-corrected chi connectivity index (χ3v) is 3.93. The van der Waals surface area contributed by atoms with Crippen LogP contribution >= 0.6 is 11.6 Å². The Hall–Kier alpha value is -1.54. The van der Waals surface area contributed by atoms with Gasteiger partial charge in [-0.2, -0.15) is 0 Å². The molecule has 0 saturated heterocycles. The highest BCUT2D eigenvalue weighted by Gasteiger charge is 2.19. The highest BCUT2D eigenvalue weighted by molar-refractivity contribution is 6.22. The van der Waals surface area contributed by atoms with E-state index in [1.165, 1.54) is 18.7 Å². The van der Waals surface area contributed by atoms with Crippen LogP contribution in [0.1, 0.15) is 33.2 Å². The predicted molar refractivity (Wildman–Crippen MR) is 81.3 cm³/mol. The Balaban J connectivity index is 2.49. The molecule has 0 aliphatic carbocycles. The number of ether oxygens (including phenoxy) is 1. The van der Waals surface area contributed by atoms with Crippen LogP contribution in [0.2, 0.25) is 0 Å². The van der Waals surface area contributed by atoms with Gasteiger partial charge in [0.1, 0.15) is 11.6 Å². The van der Waals surface area contributed by atoms with Crippen molar-refractivity contribution < 1.29 is 9.13 Å². The highest BCUT2D eigenvalue weighted by Crippen LogP contribution is 2.36. The molecule has 0 aliphatic heterocycles. The van der Waals surface area contributed by atoms with Crippen molar-refractivity contribution in [3.8, 4) is 5.75 Å². The lowest BCUT2D eigenvalue weighted by Crippen LogP contribution is -2.03. The third-order valence-electron chi connectivity index (χ3n) is 3.47. The topological polar surface area (TPSA) is 9.23 Å². The van der Waals surface area contributed by atoms with Crippen molar-refractivity contribution in [2.24, 2.45) is 0 Å². The second-order valence-corrected chi connectivity index (χ2v) is 5.50. The molecule has 1 nitrogen and oxygen atoms in total. The van der Waals surface area contributed by atoms with E-state index >= 15 is 0 Å². The van der Waals surface area contributed by atoms with Gasteiger partial charge in [-0.1, -0.05) is 23.8 Å². The van der Waals surface area contributed by atoms with Crippen LogP contribution in [0, 0.1) is 26.6 Å². The largest absolute Gasteiger partial charge is 0.497 e. The minimum atomic E-state index is -0.499. The first-order valence-electron chi connectivity index (χ1n) is 6.49. The van der Waals surface area contributed by atoms with E-state index in [9.17, 15) is 4.39 Å². The van der Waals surface area contributed by atoms with Crippen LogP contribution in [0.25, 0.3) is 0 Å². The van der Waals surface area contributed by atoms with E-state index in [-0.39, 0.29) is 5.82 Å². The van der Waals surface area contributed by atoms with Crippen molar-refractivity contribution in [3.05, 3.63) is 64.0 Å². The maximum Gasteiger partial charge on any atom is 0.131 e. The number of benzene rings is 2. The molecule has 20 heavy (non-hydrogen) atoms. The fourth-order valence-electron chi connectivity index (χ4n) is 2.59. The van der Waals surface area contributed by atoms with Gasteiger partial charge in [-0.15, -0.1) is 11.6 Å². The maximum absolute atomic E-state index is 14.2. The summed E-state index contributed by atoms with van der Waals surface area (Å²) in [7, 11) is 1.51. The van der Waals surface area contributed by atoms with Crippen LogP contribution in [0.5, 0.6) is 5.75 Å². The van der Waals surface area contributed by atoms with Crippen molar-refractivity contribution in [1.29, 1.82) is 0 Å². The number of alkyl halides is 1. The zero-order chi connectivity index (χ0) is 14.9. The van der Waals surface area contributed by atoms with Crippen LogP contribution in [0.4, 0.5) is 4.39 Å². The normalized spacial score (nSPS) is 12.3. The van der Waals surface area contributed by atoms with E-state index in [1.54, 1.807) is 12.1 Å². The average Bonchev–Trinajstić information content (AvgIpc) is 2.37. The standard InChI is InChI=1S/C17H18ClFO/c1-10-7-11(2)16(12(3)8-10)17(18)14-6-5-13(20-4)9-15(14)19/h5-9,17H,1-4H3. The fraction of sp³-hybridized carbons (Fsp3) is 0.294. The van der Waals surface area contributed by atoms with Gasteiger partial charge >= 0.3 is 0 Å². The zero-order valence-electron chi connectivity index (χ0n) is 12.1. The predicted octanol–water partition coefficient (Wildman–Crippen LogP) is 5.09. The number of halogens is 2. The van der Waals surface area contributed by atoms with Crippen LogP contribution in [-0.2, 0) is 0 Å². The summed E-state index contributed by atoms with van der Waals surface area (Å²) in [6.07, 6.45) is 0. The van der Waals surface area contributed by atoms with Crippen LogP contribution in [0.15, 0.2) is 30.3 Å². The highest BCUT2D eigenvalue weighted by atomic mass is 35.5. The zero-order valence-corrected chi connectivity index (χ0v) is 12.9. The second-order valence-electron chi connectivity index (χ2n) is 5.06. The summed E-state index contributed by atoms with van der Waals surface area (Å²) in [4.78, 5) is 0. The monoisotopic (exact) mass is 292 g/mol. The molecule has 0 saturated carbocycles. The fourth-order valence-corrected chi connectivity index (χ4v) is 3.11. The molecule has 2 rings (SSSR count). The van der Waals surface area contributed by atoms with Gasteiger partial charge < -0.3 is 4.74 Å². The first kappa shape index (κ1) is 14.9. The van der Waals surface area contributed by atoms with Crippen molar-refractivity contribution in [3.63, 3.8) is 0 Å². The Morgan fingerprint density at radius 3 is 2.15 bits per heavy atom. The van der Waals surface area contributed by atoms with Gasteiger partial charge in [-0.3, -0.25) is 0 Å². The van der Waals surface area contributed by atoms with Crippen LogP contribution in [0.3, 0.4) is 0 Å². The summed E-state index contributed by atoms with van der Waals surface area (Å²) in [5, 5.41) is -0.499. The lowest BCUT2D eigenvalue weighted by Gasteiger charge is -2.18. The van der Waals surface area contributed by atoms with Gasteiger partial charge in [0.2, 0.25) is 0 Å². The van der Waals surface area contributed by atoms with Gasteiger partial charge in [-0.05, 0) is 43.5 Å². The van der Waals surface area contributed by atoms with Crippen molar-refractivity contribution >= 4 is 11.6 Å². The van der Waals surface area contributed by atoms with Gasteiger partial charge in [0.15, 0.2) is 0 Å². The minimum Gasteiger partial charge on any atom is -0.497 e.